The number of aryl methyl sites for hydroxylation is 2. The standard InChI is InChI=1S/C13H11ClO/c1-8-3-5-10-6-4-9(2)12(13(14)15)11(10)7-8/h3-7H,1-2H3. The molecule has 15 heavy (non-hydrogen) atoms. The summed E-state index contributed by atoms with van der Waals surface area (Å²) in [6, 6.07) is 9.96. The van der Waals surface area contributed by atoms with Crippen molar-refractivity contribution in [3.05, 3.63) is 47.0 Å². The van der Waals surface area contributed by atoms with Gasteiger partial charge in [-0.3, -0.25) is 4.79 Å². The van der Waals surface area contributed by atoms with Crippen molar-refractivity contribution in [2.45, 2.75) is 13.8 Å². The monoisotopic (exact) mass is 218 g/mol. The van der Waals surface area contributed by atoms with E-state index in [1.165, 1.54) is 0 Å². The molecule has 0 radical (unpaired) electrons. The average Bonchev–Trinajstić information content (AvgIpc) is 2.16. The molecule has 76 valence electrons. The van der Waals surface area contributed by atoms with Gasteiger partial charge in [0.2, 0.25) is 0 Å². The maximum atomic E-state index is 11.4. The number of rotatable bonds is 1. The minimum Gasteiger partial charge on any atom is -0.276 e. The zero-order valence-corrected chi connectivity index (χ0v) is 9.43. The molecule has 0 fully saturated rings. The summed E-state index contributed by atoms with van der Waals surface area (Å²) in [7, 11) is 0. The molecule has 2 heteroatoms. The second-order valence-corrected chi connectivity index (χ2v) is 4.10. The van der Waals surface area contributed by atoms with Gasteiger partial charge in [0.15, 0.2) is 0 Å². The second-order valence-electron chi connectivity index (χ2n) is 3.76. The Bertz CT molecular complexity index is 538. The van der Waals surface area contributed by atoms with E-state index in [2.05, 4.69) is 0 Å². The van der Waals surface area contributed by atoms with Gasteiger partial charge < -0.3 is 0 Å². The van der Waals surface area contributed by atoms with Gasteiger partial charge in [0, 0.05) is 5.56 Å². The lowest BCUT2D eigenvalue weighted by atomic mass is 9.99. The third-order valence-electron chi connectivity index (χ3n) is 2.58. The van der Waals surface area contributed by atoms with Crippen molar-refractivity contribution in [3.63, 3.8) is 0 Å². The van der Waals surface area contributed by atoms with Crippen LogP contribution < -0.4 is 0 Å². The van der Waals surface area contributed by atoms with Gasteiger partial charge in [-0.25, -0.2) is 0 Å². The van der Waals surface area contributed by atoms with Gasteiger partial charge in [-0.1, -0.05) is 35.9 Å². The highest BCUT2D eigenvalue weighted by molar-refractivity contribution is 6.68. The maximum Gasteiger partial charge on any atom is 0.253 e. The lowest BCUT2D eigenvalue weighted by Crippen LogP contribution is -1.95. The summed E-state index contributed by atoms with van der Waals surface area (Å²) in [6.45, 7) is 3.90. The predicted octanol–water partition coefficient (Wildman–Crippen LogP) is 3.84. The first-order chi connectivity index (χ1) is 7.09. The van der Waals surface area contributed by atoms with Crippen LogP contribution in [0.5, 0.6) is 0 Å². The molecular formula is C13H11ClO. The second kappa shape index (κ2) is 3.67. The van der Waals surface area contributed by atoms with Crippen LogP contribution in [0.3, 0.4) is 0 Å². The van der Waals surface area contributed by atoms with E-state index in [-0.39, 0.29) is 5.24 Å². The maximum absolute atomic E-state index is 11.4. The van der Waals surface area contributed by atoms with E-state index < -0.39 is 0 Å². The zero-order chi connectivity index (χ0) is 11.0. The van der Waals surface area contributed by atoms with Crippen LogP contribution in [0.1, 0.15) is 21.5 Å². The molecule has 0 aliphatic carbocycles. The summed E-state index contributed by atoms with van der Waals surface area (Å²) in [4.78, 5) is 11.4. The molecule has 1 nitrogen and oxygen atoms in total. The van der Waals surface area contributed by atoms with Gasteiger partial charge in [0.05, 0.1) is 0 Å². The molecule has 0 aliphatic rings. The Kier molecular flexibility index (Phi) is 2.49. The van der Waals surface area contributed by atoms with E-state index in [4.69, 9.17) is 11.6 Å². The van der Waals surface area contributed by atoms with Crippen molar-refractivity contribution in [2.75, 3.05) is 0 Å². The van der Waals surface area contributed by atoms with Crippen molar-refractivity contribution in [2.24, 2.45) is 0 Å². The smallest absolute Gasteiger partial charge is 0.253 e. The zero-order valence-electron chi connectivity index (χ0n) is 8.67. The summed E-state index contributed by atoms with van der Waals surface area (Å²) in [5.74, 6) is 0. The lowest BCUT2D eigenvalue weighted by molar-refractivity contribution is 0.108. The molecule has 2 aromatic rings. The summed E-state index contributed by atoms with van der Waals surface area (Å²) in [5.41, 5.74) is 2.68. The fourth-order valence-electron chi connectivity index (χ4n) is 1.80. The highest BCUT2D eigenvalue weighted by Crippen LogP contribution is 2.24. The van der Waals surface area contributed by atoms with Gasteiger partial charge in [-0.15, -0.1) is 0 Å². The fourth-order valence-corrected chi connectivity index (χ4v) is 2.05. The van der Waals surface area contributed by atoms with E-state index in [0.717, 1.165) is 21.9 Å². The number of hydrogen-bond acceptors (Lipinski definition) is 1. The summed E-state index contributed by atoms with van der Waals surface area (Å²) in [6.07, 6.45) is 0. The van der Waals surface area contributed by atoms with Crippen LogP contribution in [0.15, 0.2) is 30.3 Å². The molecule has 2 rings (SSSR count). The van der Waals surface area contributed by atoms with Crippen LogP contribution in [0, 0.1) is 13.8 Å². The summed E-state index contributed by atoms with van der Waals surface area (Å²) in [5, 5.41) is 1.61. The normalized spacial score (nSPS) is 10.6. The van der Waals surface area contributed by atoms with Crippen molar-refractivity contribution < 1.29 is 4.79 Å². The van der Waals surface area contributed by atoms with Crippen molar-refractivity contribution >= 4 is 27.6 Å². The van der Waals surface area contributed by atoms with Crippen LogP contribution in [-0.2, 0) is 0 Å². The highest BCUT2D eigenvalue weighted by Gasteiger charge is 2.10. The van der Waals surface area contributed by atoms with Gasteiger partial charge >= 0.3 is 0 Å². The first-order valence-corrected chi connectivity index (χ1v) is 5.17. The Morgan fingerprint density at radius 3 is 2.47 bits per heavy atom. The van der Waals surface area contributed by atoms with Crippen LogP contribution in [0.4, 0.5) is 0 Å². The van der Waals surface area contributed by atoms with E-state index in [1.54, 1.807) is 0 Å². The van der Waals surface area contributed by atoms with Crippen LogP contribution in [0.2, 0.25) is 0 Å². The fraction of sp³-hybridized carbons (Fsp3) is 0.154. The average molecular weight is 219 g/mol. The minimum atomic E-state index is -0.385. The number of hydrogen-bond donors (Lipinski definition) is 0. The van der Waals surface area contributed by atoms with Crippen molar-refractivity contribution in [3.8, 4) is 0 Å². The van der Waals surface area contributed by atoms with E-state index in [1.807, 2.05) is 44.2 Å². The highest BCUT2D eigenvalue weighted by atomic mass is 35.5. The molecule has 0 heterocycles. The van der Waals surface area contributed by atoms with E-state index >= 15 is 0 Å². The summed E-state index contributed by atoms with van der Waals surface area (Å²) >= 11 is 5.60. The van der Waals surface area contributed by atoms with Gasteiger partial charge in [-0.05, 0) is 41.8 Å². The summed E-state index contributed by atoms with van der Waals surface area (Å²) < 4.78 is 0. The van der Waals surface area contributed by atoms with Crippen molar-refractivity contribution in [1.29, 1.82) is 0 Å². The largest absolute Gasteiger partial charge is 0.276 e. The molecule has 0 saturated carbocycles. The molecular weight excluding hydrogens is 208 g/mol. The molecule has 0 aromatic heterocycles. The first-order valence-electron chi connectivity index (χ1n) is 4.79. The Morgan fingerprint density at radius 1 is 1.13 bits per heavy atom. The molecule has 0 bridgehead atoms. The molecule has 0 unspecified atom stereocenters. The third kappa shape index (κ3) is 1.75. The minimum absolute atomic E-state index is 0.385. The van der Waals surface area contributed by atoms with Crippen molar-refractivity contribution in [1.82, 2.24) is 0 Å². The van der Waals surface area contributed by atoms with E-state index in [9.17, 15) is 4.79 Å². The molecule has 0 spiro atoms. The van der Waals surface area contributed by atoms with Crippen LogP contribution in [0.25, 0.3) is 10.8 Å². The van der Waals surface area contributed by atoms with Gasteiger partial charge in [-0.2, -0.15) is 0 Å². The Hall–Kier alpha value is -1.34. The van der Waals surface area contributed by atoms with Crippen LogP contribution in [-0.4, -0.2) is 5.24 Å². The molecule has 0 N–H and O–H groups in total. The molecule has 0 atom stereocenters. The number of fused-ring (bicyclic) bond motifs is 1. The number of benzene rings is 2. The van der Waals surface area contributed by atoms with Gasteiger partial charge in [0.1, 0.15) is 0 Å². The van der Waals surface area contributed by atoms with Crippen LogP contribution >= 0.6 is 11.6 Å². The molecule has 0 amide bonds. The number of carbonyl (C=O) groups excluding carboxylic acids is 1. The first kappa shape index (κ1) is 10.2. The number of carbonyl (C=O) groups is 1. The third-order valence-corrected chi connectivity index (χ3v) is 2.77. The quantitative estimate of drug-likeness (QED) is 0.665. The van der Waals surface area contributed by atoms with E-state index in [0.29, 0.717) is 5.56 Å². The lowest BCUT2D eigenvalue weighted by Gasteiger charge is -2.06. The van der Waals surface area contributed by atoms with Gasteiger partial charge in [0.25, 0.3) is 5.24 Å². The Morgan fingerprint density at radius 2 is 1.80 bits per heavy atom. The molecule has 0 saturated heterocycles. The molecule has 2 aromatic carbocycles. The SMILES string of the molecule is Cc1ccc2ccc(C)c(C(=O)Cl)c2c1. The molecule has 0 aliphatic heterocycles. The topological polar surface area (TPSA) is 17.1 Å². The Labute approximate surface area is 93.7 Å². The number of halogens is 1. The predicted molar refractivity (Wildman–Crippen MR) is 63.6 cm³/mol. The Balaban J connectivity index is 2.90.